The van der Waals surface area contributed by atoms with Crippen LogP contribution < -0.4 is 4.72 Å². The lowest BCUT2D eigenvalue weighted by Crippen LogP contribution is -2.44. The first kappa shape index (κ1) is 15.9. The number of ether oxygens (including phenoxy) is 1. The summed E-state index contributed by atoms with van der Waals surface area (Å²) in [5, 5.41) is -0.361. The minimum atomic E-state index is -3.25. The Balaban J connectivity index is 2.13. The third-order valence-corrected chi connectivity index (χ3v) is 6.20. The van der Waals surface area contributed by atoms with E-state index >= 15 is 0 Å². The van der Waals surface area contributed by atoms with Gasteiger partial charge in [-0.2, -0.15) is 0 Å². The maximum Gasteiger partial charge on any atom is 0.214 e. The molecule has 0 unspecified atom stereocenters. The number of hydrogen-bond donors (Lipinski definition) is 1. The van der Waals surface area contributed by atoms with Crippen LogP contribution in [0.1, 0.15) is 18.9 Å². The molecule has 1 N–H and O–H groups in total. The summed E-state index contributed by atoms with van der Waals surface area (Å²) < 4.78 is 33.7. The zero-order valence-corrected chi connectivity index (χ0v) is 13.9. The van der Waals surface area contributed by atoms with Gasteiger partial charge < -0.3 is 4.74 Å². The summed E-state index contributed by atoms with van der Waals surface area (Å²) in [6.07, 6.45) is 1.29. The summed E-state index contributed by atoms with van der Waals surface area (Å²) in [6.45, 7) is 3.27. The Hall–Kier alpha value is -0.430. The Morgan fingerprint density at radius 1 is 1.35 bits per heavy atom. The van der Waals surface area contributed by atoms with E-state index in [1.807, 2.05) is 24.3 Å². The van der Waals surface area contributed by atoms with Crippen LogP contribution in [0.5, 0.6) is 0 Å². The van der Waals surface area contributed by atoms with E-state index in [9.17, 15) is 8.42 Å². The molecule has 20 heavy (non-hydrogen) atoms. The quantitative estimate of drug-likeness (QED) is 0.875. The minimum Gasteiger partial charge on any atom is -0.381 e. The molecule has 1 fully saturated rings. The van der Waals surface area contributed by atoms with Gasteiger partial charge in [-0.1, -0.05) is 35.0 Å². The lowest BCUT2D eigenvalue weighted by Gasteiger charge is -2.31. The maximum atomic E-state index is 12.3. The summed E-state index contributed by atoms with van der Waals surface area (Å²) in [6, 6.07) is 8.00. The molecule has 112 valence electrons. The molecule has 0 bridgehead atoms. The normalized spacial score (nSPS) is 23.7. The van der Waals surface area contributed by atoms with Gasteiger partial charge in [0.05, 0.1) is 11.9 Å². The first-order valence-electron chi connectivity index (χ1n) is 6.83. The van der Waals surface area contributed by atoms with Crippen molar-refractivity contribution in [2.75, 3.05) is 19.8 Å². The van der Waals surface area contributed by atoms with E-state index in [1.54, 1.807) is 6.92 Å². The first-order valence-corrected chi connectivity index (χ1v) is 9.17. The molecule has 1 heterocycles. The molecular weight excluding hydrogens is 342 g/mol. The Bertz CT molecular complexity index is 530. The van der Waals surface area contributed by atoms with Crippen LogP contribution in [0.2, 0.25) is 0 Å². The second-order valence-electron chi connectivity index (χ2n) is 5.04. The number of sulfonamides is 1. The van der Waals surface area contributed by atoms with Crippen molar-refractivity contribution in [2.45, 2.75) is 25.0 Å². The van der Waals surface area contributed by atoms with Gasteiger partial charge in [-0.05, 0) is 30.5 Å². The molecule has 0 aliphatic carbocycles. The third kappa shape index (κ3) is 4.04. The molecule has 6 heteroatoms. The van der Waals surface area contributed by atoms with Crippen LogP contribution in [-0.4, -0.2) is 33.4 Å². The van der Waals surface area contributed by atoms with Gasteiger partial charge in [0.1, 0.15) is 0 Å². The molecule has 1 saturated heterocycles. The van der Waals surface area contributed by atoms with E-state index in [0.29, 0.717) is 26.2 Å². The molecule has 1 aliphatic rings. The van der Waals surface area contributed by atoms with Gasteiger partial charge >= 0.3 is 0 Å². The number of nitrogens with one attached hydrogen (secondary N) is 1. The van der Waals surface area contributed by atoms with E-state index in [-0.39, 0.29) is 11.2 Å². The van der Waals surface area contributed by atoms with Gasteiger partial charge in [0.25, 0.3) is 0 Å². The SMILES string of the molecule is CCNS(=O)(=O)[C@H]1CCOC[C@@H]1Cc1ccc(Br)cc1. The van der Waals surface area contributed by atoms with Gasteiger partial charge in [0, 0.05) is 23.5 Å². The largest absolute Gasteiger partial charge is 0.381 e. The minimum absolute atomic E-state index is 0.00831. The van der Waals surface area contributed by atoms with E-state index < -0.39 is 10.0 Å². The predicted octanol–water partition coefficient (Wildman–Crippen LogP) is 2.34. The first-order chi connectivity index (χ1) is 9.53. The molecule has 1 aromatic carbocycles. The van der Waals surface area contributed by atoms with Crippen LogP contribution >= 0.6 is 15.9 Å². The second-order valence-corrected chi connectivity index (χ2v) is 7.94. The fourth-order valence-corrected chi connectivity index (χ4v) is 4.58. The van der Waals surface area contributed by atoms with E-state index in [2.05, 4.69) is 20.7 Å². The predicted molar refractivity (Wildman–Crippen MR) is 83.2 cm³/mol. The van der Waals surface area contributed by atoms with E-state index in [4.69, 9.17) is 4.74 Å². The Morgan fingerprint density at radius 3 is 2.70 bits per heavy atom. The molecule has 0 spiro atoms. The summed E-state index contributed by atoms with van der Waals surface area (Å²) in [7, 11) is -3.25. The molecular formula is C14H20BrNO3S. The van der Waals surface area contributed by atoms with Crippen molar-refractivity contribution in [3.8, 4) is 0 Å². The molecule has 1 aromatic rings. The van der Waals surface area contributed by atoms with Gasteiger partial charge in [-0.3, -0.25) is 0 Å². The van der Waals surface area contributed by atoms with Crippen LogP contribution in [0.3, 0.4) is 0 Å². The fraction of sp³-hybridized carbons (Fsp3) is 0.571. The molecule has 0 amide bonds. The van der Waals surface area contributed by atoms with Crippen LogP contribution in [0, 0.1) is 5.92 Å². The Labute approximate surface area is 129 Å². The van der Waals surface area contributed by atoms with Gasteiger partial charge in [0.15, 0.2) is 0 Å². The summed E-state index contributed by atoms with van der Waals surface area (Å²) in [5.41, 5.74) is 1.14. The molecule has 4 nitrogen and oxygen atoms in total. The third-order valence-electron chi connectivity index (χ3n) is 3.56. The van der Waals surface area contributed by atoms with Crippen molar-refractivity contribution < 1.29 is 13.2 Å². The van der Waals surface area contributed by atoms with Crippen LogP contribution in [-0.2, 0) is 21.2 Å². The standard InChI is InChI=1S/C14H20BrNO3S/c1-2-16-20(17,18)14-7-8-19-10-12(14)9-11-3-5-13(15)6-4-11/h3-6,12,14,16H,2,7-10H2,1H3/t12-,14-/m0/s1. The molecule has 1 aliphatic heterocycles. The number of benzene rings is 1. The monoisotopic (exact) mass is 361 g/mol. The van der Waals surface area contributed by atoms with Gasteiger partial charge in [-0.25, -0.2) is 13.1 Å². The number of hydrogen-bond acceptors (Lipinski definition) is 3. The lowest BCUT2D eigenvalue weighted by atomic mass is 9.94. The molecule has 2 atom stereocenters. The highest BCUT2D eigenvalue weighted by molar-refractivity contribution is 9.10. The van der Waals surface area contributed by atoms with Crippen molar-refractivity contribution in [2.24, 2.45) is 5.92 Å². The summed E-state index contributed by atoms with van der Waals surface area (Å²) in [4.78, 5) is 0. The summed E-state index contributed by atoms with van der Waals surface area (Å²) >= 11 is 3.40. The van der Waals surface area contributed by atoms with Crippen molar-refractivity contribution in [1.82, 2.24) is 4.72 Å². The van der Waals surface area contributed by atoms with Crippen molar-refractivity contribution in [1.29, 1.82) is 0 Å². The van der Waals surface area contributed by atoms with Crippen LogP contribution in [0.4, 0.5) is 0 Å². The average molecular weight is 362 g/mol. The highest BCUT2D eigenvalue weighted by atomic mass is 79.9. The number of rotatable bonds is 5. The molecule has 0 saturated carbocycles. The average Bonchev–Trinajstić information content (AvgIpc) is 2.42. The van der Waals surface area contributed by atoms with Crippen molar-refractivity contribution in [3.05, 3.63) is 34.3 Å². The molecule has 0 radical (unpaired) electrons. The maximum absolute atomic E-state index is 12.3. The van der Waals surface area contributed by atoms with Crippen molar-refractivity contribution in [3.63, 3.8) is 0 Å². The van der Waals surface area contributed by atoms with Gasteiger partial charge in [-0.15, -0.1) is 0 Å². The highest BCUT2D eigenvalue weighted by Gasteiger charge is 2.35. The Kier molecular flexibility index (Phi) is 5.60. The fourth-order valence-electron chi connectivity index (χ4n) is 2.61. The lowest BCUT2D eigenvalue weighted by molar-refractivity contribution is 0.0570. The zero-order valence-electron chi connectivity index (χ0n) is 11.5. The molecule has 2 rings (SSSR count). The smallest absolute Gasteiger partial charge is 0.214 e. The van der Waals surface area contributed by atoms with E-state index in [1.165, 1.54) is 0 Å². The second kappa shape index (κ2) is 7.02. The Morgan fingerprint density at radius 2 is 2.05 bits per heavy atom. The summed E-state index contributed by atoms with van der Waals surface area (Å²) in [5.74, 6) is 0.00831. The van der Waals surface area contributed by atoms with Gasteiger partial charge in [0.2, 0.25) is 10.0 Å². The molecule has 0 aromatic heterocycles. The van der Waals surface area contributed by atoms with Crippen LogP contribution in [0.15, 0.2) is 28.7 Å². The topological polar surface area (TPSA) is 55.4 Å². The van der Waals surface area contributed by atoms with Crippen molar-refractivity contribution >= 4 is 26.0 Å². The van der Waals surface area contributed by atoms with Crippen LogP contribution in [0.25, 0.3) is 0 Å². The van der Waals surface area contributed by atoms with E-state index in [0.717, 1.165) is 16.5 Å². The number of halogens is 1. The highest BCUT2D eigenvalue weighted by Crippen LogP contribution is 2.25. The zero-order chi connectivity index (χ0) is 14.6.